The Kier molecular flexibility index (Phi) is 5.03. The minimum Gasteiger partial charge on any atom is -0.296 e. The van der Waals surface area contributed by atoms with Gasteiger partial charge in [0, 0.05) is 38.8 Å². The third kappa shape index (κ3) is 4.36. The summed E-state index contributed by atoms with van der Waals surface area (Å²) in [5.41, 5.74) is 2.29. The lowest BCUT2D eigenvalue weighted by molar-refractivity contribution is 0.0733. The van der Waals surface area contributed by atoms with Crippen LogP contribution in [0.5, 0.6) is 0 Å². The van der Waals surface area contributed by atoms with E-state index >= 15 is 0 Å². The van der Waals surface area contributed by atoms with Crippen molar-refractivity contribution in [3.63, 3.8) is 0 Å². The van der Waals surface area contributed by atoms with E-state index in [4.69, 9.17) is 0 Å². The number of hydrogen-bond acceptors (Lipinski definition) is 2. The Morgan fingerprint density at radius 1 is 0.826 bits per heavy atom. The molecule has 122 valence electrons. The molecule has 2 aromatic carbocycles. The second-order valence-corrected chi connectivity index (χ2v) is 6.31. The van der Waals surface area contributed by atoms with Gasteiger partial charge in [-0.15, -0.1) is 0 Å². The number of piperazine rings is 1. The Balaban J connectivity index is 1.54. The summed E-state index contributed by atoms with van der Waals surface area (Å²) >= 11 is 0. The normalized spacial score (nSPS) is 19.9. The van der Waals surface area contributed by atoms with Gasteiger partial charge in [-0.1, -0.05) is 24.3 Å². The molecule has 0 aromatic heterocycles. The first-order valence-electron chi connectivity index (χ1n) is 8.05. The van der Waals surface area contributed by atoms with E-state index in [2.05, 4.69) is 16.7 Å². The van der Waals surface area contributed by atoms with Gasteiger partial charge in [-0.05, 0) is 42.3 Å². The zero-order chi connectivity index (χ0) is 16.2. The molecule has 0 aliphatic carbocycles. The summed E-state index contributed by atoms with van der Waals surface area (Å²) in [7, 11) is 0. The van der Waals surface area contributed by atoms with E-state index < -0.39 is 0 Å². The smallest absolute Gasteiger partial charge is 0.123 e. The standard InChI is InChI=1S/C19H22F2N2/c1-15-12-22(13-16-2-6-18(20)7-3-16)10-11-23(15)14-17-4-8-19(21)9-5-17/h2-9,15H,10-14H2,1H3. The van der Waals surface area contributed by atoms with E-state index in [9.17, 15) is 8.78 Å². The molecular weight excluding hydrogens is 294 g/mol. The van der Waals surface area contributed by atoms with E-state index in [1.165, 1.54) is 24.3 Å². The first kappa shape index (κ1) is 16.1. The van der Waals surface area contributed by atoms with Crippen molar-refractivity contribution in [1.29, 1.82) is 0 Å². The predicted octanol–water partition coefficient (Wildman–Crippen LogP) is 3.67. The van der Waals surface area contributed by atoms with Crippen LogP contribution in [0.2, 0.25) is 0 Å². The van der Waals surface area contributed by atoms with Crippen molar-refractivity contribution in [2.75, 3.05) is 19.6 Å². The lowest BCUT2D eigenvalue weighted by atomic mass is 10.1. The van der Waals surface area contributed by atoms with E-state index in [1.54, 1.807) is 0 Å². The summed E-state index contributed by atoms with van der Waals surface area (Å²) in [5.74, 6) is -0.378. The lowest BCUT2D eigenvalue weighted by Crippen LogP contribution is -2.50. The third-order valence-corrected chi connectivity index (χ3v) is 4.47. The zero-order valence-corrected chi connectivity index (χ0v) is 13.4. The van der Waals surface area contributed by atoms with Crippen LogP contribution in [-0.2, 0) is 13.1 Å². The van der Waals surface area contributed by atoms with Crippen LogP contribution in [0.1, 0.15) is 18.1 Å². The zero-order valence-electron chi connectivity index (χ0n) is 13.4. The largest absolute Gasteiger partial charge is 0.296 e. The molecule has 1 fully saturated rings. The van der Waals surface area contributed by atoms with Crippen LogP contribution in [0.3, 0.4) is 0 Å². The average Bonchev–Trinajstić information content (AvgIpc) is 2.54. The highest BCUT2D eigenvalue weighted by atomic mass is 19.1. The third-order valence-electron chi connectivity index (χ3n) is 4.47. The second-order valence-electron chi connectivity index (χ2n) is 6.31. The molecule has 1 saturated heterocycles. The minimum absolute atomic E-state index is 0.189. The Bertz CT molecular complexity index is 625. The minimum atomic E-state index is -0.189. The van der Waals surface area contributed by atoms with Crippen LogP contribution in [0.15, 0.2) is 48.5 Å². The molecule has 23 heavy (non-hydrogen) atoms. The number of hydrogen-bond donors (Lipinski definition) is 0. The van der Waals surface area contributed by atoms with E-state index in [0.717, 1.165) is 43.9 Å². The van der Waals surface area contributed by atoms with Gasteiger partial charge in [0.25, 0.3) is 0 Å². The molecule has 0 bridgehead atoms. The van der Waals surface area contributed by atoms with Crippen LogP contribution < -0.4 is 0 Å². The monoisotopic (exact) mass is 316 g/mol. The highest BCUT2D eigenvalue weighted by Gasteiger charge is 2.23. The number of halogens is 2. The molecule has 1 heterocycles. The van der Waals surface area contributed by atoms with Crippen molar-refractivity contribution in [2.24, 2.45) is 0 Å². The molecule has 0 spiro atoms. The van der Waals surface area contributed by atoms with E-state index in [-0.39, 0.29) is 11.6 Å². The predicted molar refractivity (Wildman–Crippen MR) is 87.9 cm³/mol. The van der Waals surface area contributed by atoms with Gasteiger partial charge < -0.3 is 0 Å². The van der Waals surface area contributed by atoms with Gasteiger partial charge in [0.15, 0.2) is 0 Å². The SMILES string of the molecule is CC1CN(Cc2ccc(F)cc2)CCN1Cc1ccc(F)cc1. The summed E-state index contributed by atoms with van der Waals surface area (Å²) in [6.45, 7) is 6.89. The lowest BCUT2D eigenvalue weighted by Gasteiger charge is -2.40. The molecule has 0 radical (unpaired) electrons. The molecule has 1 unspecified atom stereocenters. The van der Waals surface area contributed by atoms with Crippen molar-refractivity contribution < 1.29 is 8.78 Å². The second kappa shape index (κ2) is 7.20. The maximum Gasteiger partial charge on any atom is 0.123 e. The van der Waals surface area contributed by atoms with Gasteiger partial charge in [0.05, 0.1) is 0 Å². The summed E-state index contributed by atoms with van der Waals surface area (Å²) in [6, 6.07) is 13.9. The molecule has 1 aliphatic rings. The number of nitrogens with zero attached hydrogens (tertiary/aromatic N) is 2. The maximum absolute atomic E-state index is 13.0. The summed E-state index contributed by atoms with van der Waals surface area (Å²) in [4.78, 5) is 4.83. The Morgan fingerprint density at radius 3 is 1.87 bits per heavy atom. The van der Waals surface area contributed by atoms with Gasteiger partial charge in [0.1, 0.15) is 11.6 Å². The molecule has 3 rings (SSSR count). The summed E-state index contributed by atoms with van der Waals surface area (Å²) < 4.78 is 25.9. The van der Waals surface area contributed by atoms with Gasteiger partial charge in [-0.2, -0.15) is 0 Å². The van der Waals surface area contributed by atoms with Crippen LogP contribution in [-0.4, -0.2) is 35.5 Å². The molecule has 1 atom stereocenters. The highest BCUT2D eigenvalue weighted by molar-refractivity contribution is 5.17. The first-order valence-corrected chi connectivity index (χ1v) is 8.05. The Morgan fingerprint density at radius 2 is 1.35 bits per heavy atom. The molecule has 2 nitrogen and oxygen atoms in total. The van der Waals surface area contributed by atoms with Crippen molar-refractivity contribution in [3.05, 3.63) is 71.3 Å². The van der Waals surface area contributed by atoms with Crippen LogP contribution in [0.25, 0.3) is 0 Å². The fourth-order valence-electron chi connectivity index (χ4n) is 3.12. The van der Waals surface area contributed by atoms with Crippen molar-refractivity contribution >= 4 is 0 Å². The molecular formula is C19H22F2N2. The Hall–Kier alpha value is -1.78. The van der Waals surface area contributed by atoms with Gasteiger partial charge in [0.2, 0.25) is 0 Å². The van der Waals surface area contributed by atoms with Gasteiger partial charge >= 0.3 is 0 Å². The topological polar surface area (TPSA) is 6.48 Å². The van der Waals surface area contributed by atoms with E-state index in [0.29, 0.717) is 6.04 Å². The molecule has 0 saturated carbocycles. The maximum atomic E-state index is 13.0. The highest BCUT2D eigenvalue weighted by Crippen LogP contribution is 2.16. The van der Waals surface area contributed by atoms with Crippen molar-refractivity contribution in [3.8, 4) is 0 Å². The molecule has 2 aromatic rings. The molecule has 1 aliphatic heterocycles. The summed E-state index contributed by atoms with van der Waals surface area (Å²) in [5, 5.41) is 0. The van der Waals surface area contributed by atoms with Gasteiger partial charge in [-0.3, -0.25) is 9.80 Å². The number of rotatable bonds is 4. The van der Waals surface area contributed by atoms with Crippen LogP contribution >= 0.6 is 0 Å². The first-order chi connectivity index (χ1) is 11.1. The van der Waals surface area contributed by atoms with E-state index in [1.807, 2.05) is 24.3 Å². The average molecular weight is 316 g/mol. The quantitative estimate of drug-likeness (QED) is 0.849. The summed E-state index contributed by atoms with van der Waals surface area (Å²) in [6.07, 6.45) is 0. The molecule has 0 amide bonds. The van der Waals surface area contributed by atoms with Crippen LogP contribution in [0, 0.1) is 11.6 Å². The van der Waals surface area contributed by atoms with Gasteiger partial charge in [-0.25, -0.2) is 8.78 Å². The molecule has 0 N–H and O–H groups in total. The van der Waals surface area contributed by atoms with Crippen LogP contribution in [0.4, 0.5) is 8.78 Å². The number of benzene rings is 2. The fourth-order valence-corrected chi connectivity index (χ4v) is 3.12. The molecule has 4 heteroatoms. The van der Waals surface area contributed by atoms with Crippen molar-refractivity contribution in [2.45, 2.75) is 26.1 Å². The van der Waals surface area contributed by atoms with Crippen molar-refractivity contribution in [1.82, 2.24) is 9.80 Å². The Labute approximate surface area is 136 Å². The fraction of sp³-hybridized carbons (Fsp3) is 0.368.